The summed E-state index contributed by atoms with van der Waals surface area (Å²) < 4.78 is 19.0. The van der Waals surface area contributed by atoms with Crippen molar-refractivity contribution in [3.05, 3.63) is 0 Å². The Kier molecular flexibility index (Phi) is 11.2. The molecule has 0 aromatic heterocycles. The van der Waals surface area contributed by atoms with E-state index in [-0.39, 0.29) is 5.67 Å². The van der Waals surface area contributed by atoms with Crippen LogP contribution in [0.4, 0.5) is 0 Å². The zero-order valence-electron chi connectivity index (χ0n) is 17.1. The molecule has 0 aromatic rings. The molecule has 1 aliphatic heterocycles. The maximum absolute atomic E-state index is 6.32. The smallest absolute Gasteiger partial charge is 0.373 e. The third kappa shape index (κ3) is 6.19. The first-order chi connectivity index (χ1) is 12.0. The quantitative estimate of drug-likeness (QED) is 0.395. The molecule has 4 unspecified atom stereocenters. The first-order valence-corrected chi connectivity index (χ1v) is 12.3. The molecule has 150 valence electrons. The highest BCUT2D eigenvalue weighted by molar-refractivity contribution is 7.81. The van der Waals surface area contributed by atoms with E-state index >= 15 is 0 Å². The van der Waals surface area contributed by atoms with Gasteiger partial charge < -0.3 is 18.6 Å². The topological polar surface area (TPSA) is 43.0 Å². The van der Waals surface area contributed by atoms with Crippen LogP contribution in [0.2, 0.25) is 0 Å². The number of piperazine rings is 1. The molecule has 0 aliphatic carbocycles. The second-order valence-electron chi connectivity index (χ2n) is 6.85. The minimum atomic E-state index is -2.86. The van der Waals surface area contributed by atoms with Crippen LogP contribution in [0.3, 0.4) is 0 Å². The molecular weight excluding hydrogens is 352 g/mol. The fraction of sp³-hybridized carbons (Fsp3) is 1.00. The molecule has 1 aliphatic rings. The highest BCUT2D eigenvalue weighted by Gasteiger charge is 2.56. The molecule has 0 radical (unpaired) electrons. The van der Waals surface area contributed by atoms with E-state index in [0.29, 0.717) is 37.0 Å². The molecule has 7 heteroatoms. The van der Waals surface area contributed by atoms with Crippen molar-refractivity contribution in [3.8, 4) is 0 Å². The average Bonchev–Trinajstić information content (AvgIpc) is 2.57. The summed E-state index contributed by atoms with van der Waals surface area (Å²) in [6, 6.07) is 0.427. The largest absolute Gasteiger partial charge is 0.519 e. The SMILES string of the molecule is CCCC(S)C(C)C(N1CCNCC1C)[Si](OCC)(OCC)OCC. The fourth-order valence-corrected chi connectivity index (χ4v) is 8.07. The molecule has 1 saturated heterocycles. The van der Waals surface area contributed by atoms with E-state index in [1.807, 2.05) is 20.8 Å². The third-order valence-corrected chi connectivity index (χ3v) is 9.38. The molecule has 0 bridgehead atoms. The van der Waals surface area contributed by atoms with E-state index in [9.17, 15) is 0 Å². The lowest BCUT2D eigenvalue weighted by Gasteiger charge is -2.49. The lowest BCUT2D eigenvalue weighted by Crippen LogP contribution is -2.70. The van der Waals surface area contributed by atoms with E-state index in [2.05, 4.69) is 31.0 Å². The van der Waals surface area contributed by atoms with Gasteiger partial charge in [0, 0.05) is 50.7 Å². The van der Waals surface area contributed by atoms with E-state index < -0.39 is 8.80 Å². The summed E-state index contributed by atoms with van der Waals surface area (Å²) in [5.41, 5.74) is 0.137. The summed E-state index contributed by atoms with van der Waals surface area (Å²) in [6.45, 7) is 17.7. The van der Waals surface area contributed by atoms with E-state index in [1.165, 1.54) is 0 Å². The predicted octanol–water partition coefficient (Wildman–Crippen LogP) is 2.97. The lowest BCUT2D eigenvalue weighted by atomic mass is 10.0. The number of hydrogen-bond acceptors (Lipinski definition) is 6. The minimum absolute atomic E-state index is 0.137. The van der Waals surface area contributed by atoms with Crippen LogP contribution in [0.15, 0.2) is 0 Å². The van der Waals surface area contributed by atoms with Gasteiger partial charge in [-0.3, -0.25) is 4.90 Å². The first kappa shape index (κ1) is 23.4. The first-order valence-electron chi connectivity index (χ1n) is 10.0. The zero-order chi connectivity index (χ0) is 18.9. The Balaban J connectivity index is 3.27. The molecule has 0 spiro atoms. The summed E-state index contributed by atoms with van der Waals surface area (Å²) in [5, 5.41) is 3.80. The van der Waals surface area contributed by atoms with Crippen molar-refractivity contribution in [3.63, 3.8) is 0 Å². The Morgan fingerprint density at radius 2 is 1.68 bits per heavy atom. The van der Waals surface area contributed by atoms with Gasteiger partial charge in [0.2, 0.25) is 0 Å². The number of rotatable bonds is 12. The molecule has 0 aromatic carbocycles. The van der Waals surface area contributed by atoms with Crippen LogP contribution in [-0.2, 0) is 13.3 Å². The van der Waals surface area contributed by atoms with Gasteiger partial charge in [-0.1, -0.05) is 20.3 Å². The summed E-state index contributed by atoms with van der Waals surface area (Å²) in [4.78, 5) is 2.56. The highest BCUT2D eigenvalue weighted by Crippen LogP contribution is 2.33. The van der Waals surface area contributed by atoms with Crippen molar-refractivity contribution in [1.82, 2.24) is 10.2 Å². The summed E-state index contributed by atoms with van der Waals surface area (Å²) in [5.74, 6) is 0.333. The maximum Gasteiger partial charge on any atom is 0.519 e. The van der Waals surface area contributed by atoms with Crippen molar-refractivity contribution >= 4 is 21.4 Å². The molecule has 4 atom stereocenters. The van der Waals surface area contributed by atoms with Crippen LogP contribution >= 0.6 is 12.6 Å². The number of nitrogens with zero attached hydrogens (tertiary/aromatic N) is 1. The molecule has 5 nitrogen and oxygen atoms in total. The highest BCUT2D eigenvalue weighted by atomic mass is 32.1. The molecule has 1 heterocycles. The Hall–Kier alpha value is 0.367. The van der Waals surface area contributed by atoms with Gasteiger partial charge in [0.1, 0.15) is 0 Å². The van der Waals surface area contributed by atoms with Crippen LogP contribution in [0, 0.1) is 5.92 Å². The summed E-state index contributed by atoms with van der Waals surface area (Å²) in [6.07, 6.45) is 2.23. The monoisotopic (exact) mass is 392 g/mol. The maximum atomic E-state index is 6.32. The van der Waals surface area contributed by atoms with Crippen molar-refractivity contribution in [2.24, 2.45) is 5.92 Å². The van der Waals surface area contributed by atoms with Crippen molar-refractivity contribution < 1.29 is 13.3 Å². The van der Waals surface area contributed by atoms with Crippen molar-refractivity contribution in [2.45, 2.75) is 71.3 Å². The summed E-state index contributed by atoms with van der Waals surface area (Å²) in [7, 11) is -2.86. The van der Waals surface area contributed by atoms with Gasteiger partial charge >= 0.3 is 8.80 Å². The molecule has 0 amide bonds. The van der Waals surface area contributed by atoms with Crippen LogP contribution in [-0.4, -0.2) is 70.1 Å². The normalized spacial score (nSPS) is 23.4. The lowest BCUT2D eigenvalue weighted by molar-refractivity contribution is 0.00633. The number of thiol groups is 1. The van der Waals surface area contributed by atoms with Gasteiger partial charge in [0.15, 0.2) is 0 Å². The molecule has 0 saturated carbocycles. The van der Waals surface area contributed by atoms with Crippen molar-refractivity contribution in [1.29, 1.82) is 0 Å². The zero-order valence-corrected chi connectivity index (χ0v) is 19.0. The van der Waals surface area contributed by atoms with E-state index in [4.69, 9.17) is 25.9 Å². The van der Waals surface area contributed by atoms with Crippen LogP contribution in [0.25, 0.3) is 0 Å². The van der Waals surface area contributed by atoms with Crippen LogP contribution in [0.5, 0.6) is 0 Å². The minimum Gasteiger partial charge on any atom is -0.373 e. The molecule has 1 rings (SSSR count). The summed E-state index contributed by atoms with van der Waals surface area (Å²) >= 11 is 4.94. The fourth-order valence-electron chi connectivity index (χ4n) is 3.85. The van der Waals surface area contributed by atoms with Gasteiger partial charge in [-0.15, -0.1) is 0 Å². The third-order valence-electron chi connectivity index (χ3n) is 5.00. The van der Waals surface area contributed by atoms with E-state index in [1.54, 1.807) is 0 Å². The molecule has 1 N–H and O–H groups in total. The molecular formula is C18H40N2O3SSi. The standard InChI is InChI=1S/C18H40N2O3SSi/c1-7-11-17(24)16(6)18(20-13-12-19-14-15(20)5)25(21-8-2,22-9-3)23-10-4/h15-19,24H,7-14H2,1-6H3. The Bertz CT molecular complexity index is 348. The van der Waals surface area contributed by atoms with Crippen LogP contribution in [0.1, 0.15) is 54.4 Å². The second-order valence-corrected chi connectivity index (χ2v) is 10.2. The van der Waals surface area contributed by atoms with Gasteiger partial charge in [-0.2, -0.15) is 12.6 Å². The molecule has 25 heavy (non-hydrogen) atoms. The van der Waals surface area contributed by atoms with Gasteiger partial charge in [0.05, 0.1) is 5.67 Å². The van der Waals surface area contributed by atoms with Crippen molar-refractivity contribution in [2.75, 3.05) is 39.5 Å². The number of nitrogens with one attached hydrogen (secondary N) is 1. The van der Waals surface area contributed by atoms with Gasteiger partial charge in [-0.05, 0) is 40.0 Å². The Labute approximate surface area is 161 Å². The predicted molar refractivity (Wildman–Crippen MR) is 110 cm³/mol. The van der Waals surface area contributed by atoms with Gasteiger partial charge in [-0.25, -0.2) is 0 Å². The van der Waals surface area contributed by atoms with Crippen LogP contribution < -0.4 is 5.32 Å². The number of hydrogen-bond donors (Lipinski definition) is 2. The average molecular weight is 393 g/mol. The van der Waals surface area contributed by atoms with E-state index in [0.717, 1.165) is 32.5 Å². The molecule has 1 fully saturated rings. The Morgan fingerprint density at radius 1 is 1.12 bits per heavy atom. The Morgan fingerprint density at radius 3 is 2.12 bits per heavy atom. The van der Waals surface area contributed by atoms with Gasteiger partial charge in [0.25, 0.3) is 0 Å². The second kappa shape index (κ2) is 12.0.